The molecule has 1 saturated heterocycles. The van der Waals surface area contributed by atoms with Crippen LogP contribution in [0.1, 0.15) is 24.0 Å². The van der Waals surface area contributed by atoms with E-state index in [0.717, 1.165) is 11.6 Å². The number of nitro groups is 1. The largest absolute Gasteiger partial charge is 0.422 e. The first-order chi connectivity index (χ1) is 17.0. The number of aliphatic hydroxyl groups is 1. The van der Waals surface area contributed by atoms with Gasteiger partial charge >= 0.3 is 6.18 Å². The van der Waals surface area contributed by atoms with Crippen LogP contribution in [0.3, 0.4) is 0 Å². The Labute approximate surface area is 205 Å². The molecule has 0 aliphatic carbocycles. The highest BCUT2D eigenvalue weighted by molar-refractivity contribution is 5.87. The van der Waals surface area contributed by atoms with Crippen molar-refractivity contribution in [2.75, 3.05) is 26.7 Å². The highest BCUT2D eigenvalue weighted by Crippen LogP contribution is 2.44. The van der Waals surface area contributed by atoms with Crippen LogP contribution in [0.4, 0.5) is 18.9 Å². The van der Waals surface area contributed by atoms with Crippen LogP contribution < -0.4 is 5.32 Å². The summed E-state index contributed by atoms with van der Waals surface area (Å²) in [5.41, 5.74) is -2.82. The summed E-state index contributed by atoms with van der Waals surface area (Å²) in [5, 5.41) is 25.3. The zero-order valence-electron chi connectivity index (χ0n) is 19.7. The molecule has 1 aliphatic rings. The molecule has 1 aromatic heterocycles. The number of fused-ring (bicyclic) bond motifs is 1. The molecule has 0 saturated carbocycles. The number of likely N-dealkylation sites (tertiary alicyclic amines) is 1. The van der Waals surface area contributed by atoms with Gasteiger partial charge in [-0.3, -0.25) is 19.8 Å². The molecule has 2 heterocycles. The fourth-order valence-electron chi connectivity index (χ4n) is 4.84. The average Bonchev–Trinajstić information content (AvgIpc) is 3.22. The number of non-ortho nitro benzene ring substituents is 1. The molecule has 36 heavy (non-hydrogen) atoms. The van der Waals surface area contributed by atoms with E-state index in [1.807, 2.05) is 6.07 Å². The molecular weight excluding hydrogens is 477 g/mol. The average molecular weight is 505 g/mol. The predicted octanol–water partition coefficient (Wildman–Crippen LogP) is 3.81. The molecule has 2 N–H and O–H groups in total. The summed E-state index contributed by atoms with van der Waals surface area (Å²) in [4.78, 5) is 24.2. The summed E-state index contributed by atoms with van der Waals surface area (Å²) in [7, 11) is 1.52. The third-order valence-corrected chi connectivity index (χ3v) is 6.84. The Balaban J connectivity index is 1.75. The van der Waals surface area contributed by atoms with Crippen molar-refractivity contribution in [2.24, 2.45) is 5.92 Å². The minimum absolute atomic E-state index is 0.0941. The van der Waals surface area contributed by atoms with Crippen LogP contribution in [-0.4, -0.2) is 58.3 Å². The predicted molar refractivity (Wildman–Crippen MR) is 127 cm³/mol. The molecule has 0 bridgehead atoms. The second kappa shape index (κ2) is 9.90. The number of carbonyl (C=O) groups excluding carboxylic acids is 1. The first kappa shape index (κ1) is 25.6. The van der Waals surface area contributed by atoms with Crippen LogP contribution in [0.2, 0.25) is 0 Å². The molecular formula is C25H27F3N4O4. The highest BCUT2D eigenvalue weighted by atomic mass is 19.4. The number of β-amino-alcohol motifs (C(OH)–C–C–N with tert-alkyl or cyclic N) is 1. The minimum Gasteiger partial charge on any atom is -0.375 e. The number of aromatic nitrogens is 1. The van der Waals surface area contributed by atoms with Gasteiger partial charge in [0.05, 0.1) is 10.4 Å². The zero-order valence-corrected chi connectivity index (χ0v) is 19.7. The first-order valence-electron chi connectivity index (χ1n) is 11.6. The molecule has 11 heteroatoms. The summed E-state index contributed by atoms with van der Waals surface area (Å²) in [6.45, 7) is -0.0857. The fourth-order valence-corrected chi connectivity index (χ4v) is 4.84. The second-order valence-electron chi connectivity index (χ2n) is 9.14. The van der Waals surface area contributed by atoms with Gasteiger partial charge in [0.15, 0.2) is 0 Å². The van der Waals surface area contributed by atoms with Crippen molar-refractivity contribution < 1.29 is 28.0 Å². The quantitative estimate of drug-likeness (QED) is 0.377. The highest BCUT2D eigenvalue weighted by Gasteiger charge is 2.57. The molecule has 0 radical (unpaired) electrons. The standard InChI is InChI=1S/C25H27F3N4O4/c1-29-23(33)18-9-11-30(12-10-18)16-24(34,25(26,27)28)21-15-31(14-17-5-3-2-4-6-17)22-13-19(32(35)36)7-8-20(21)22/h2-8,13,15,18,34H,9-12,14,16H2,1H3,(H,29,33). The van der Waals surface area contributed by atoms with Gasteiger partial charge in [0.25, 0.3) is 5.69 Å². The van der Waals surface area contributed by atoms with Gasteiger partial charge in [0.1, 0.15) is 0 Å². The Morgan fingerprint density at radius 1 is 1.17 bits per heavy atom. The van der Waals surface area contributed by atoms with Crippen molar-refractivity contribution in [1.29, 1.82) is 0 Å². The fraction of sp³-hybridized carbons (Fsp3) is 0.400. The molecule has 4 rings (SSSR count). The number of halogens is 3. The monoisotopic (exact) mass is 504 g/mol. The number of rotatable bonds is 7. The Kier molecular flexibility index (Phi) is 7.05. The van der Waals surface area contributed by atoms with Crippen LogP contribution in [0.15, 0.2) is 54.7 Å². The maximum atomic E-state index is 14.5. The molecule has 1 fully saturated rings. The number of alkyl halides is 3. The number of hydrogen-bond acceptors (Lipinski definition) is 5. The summed E-state index contributed by atoms with van der Waals surface area (Å²) in [6, 6.07) is 12.6. The number of benzene rings is 2. The van der Waals surface area contributed by atoms with Crippen molar-refractivity contribution in [3.63, 3.8) is 0 Å². The summed E-state index contributed by atoms with van der Waals surface area (Å²) in [6.07, 6.45) is -3.00. The van der Waals surface area contributed by atoms with E-state index < -0.39 is 23.2 Å². The lowest BCUT2D eigenvalue weighted by atomic mass is 9.89. The van der Waals surface area contributed by atoms with Gasteiger partial charge in [-0.05, 0) is 37.6 Å². The number of carbonyl (C=O) groups is 1. The van der Waals surface area contributed by atoms with E-state index in [2.05, 4.69) is 5.32 Å². The van der Waals surface area contributed by atoms with Gasteiger partial charge in [-0.15, -0.1) is 0 Å². The van der Waals surface area contributed by atoms with Gasteiger partial charge in [-0.1, -0.05) is 30.3 Å². The van der Waals surface area contributed by atoms with Gasteiger partial charge < -0.3 is 15.0 Å². The molecule has 1 unspecified atom stereocenters. The van der Waals surface area contributed by atoms with Crippen LogP contribution >= 0.6 is 0 Å². The molecule has 192 valence electrons. The molecule has 1 aliphatic heterocycles. The van der Waals surface area contributed by atoms with E-state index in [-0.39, 0.29) is 53.6 Å². The van der Waals surface area contributed by atoms with E-state index in [9.17, 15) is 33.2 Å². The van der Waals surface area contributed by atoms with Crippen molar-refractivity contribution in [2.45, 2.75) is 31.2 Å². The lowest BCUT2D eigenvalue weighted by Crippen LogP contribution is -2.53. The SMILES string of the molecule is CNC(=O)C1CCN(CC(O)(c2cn(Cc3ccccc3)c3cc([N+](=O)[O-])ccc23)C(F)(F)F)CC1. The number of nitro benzene ring substituents is 1. The summed E-state index contributed by atoms with van der Waals surface area (Å²) < 4.78 is 45.1. The van der Waals surface area contributed by atoms with Gasteiger partial charge in [-0.25, -0.2) is 0 Å². The number of hydrogen-bond donors (Lipinski definition) is 2. The minimum atomic E-state index is -5.02. The normalized spacial score (nSPS) is 17.1. The van der Waals surface area contributed by atoms with Gasteiger partial charge in [0.2, 0.25) is 11.5 Å². The van der Waals surface area contributed by atoms with E-state index in [1.54, 1.807) is 24.3 Å². The second-order valence-corrected chi connectivity index (χ2v) is 9.14. The molecule has 0 spiro atoms. The number of nitrogens with one attached hydrogen (secondary N) is 1. The lowest BCUT2D eigenvalue weighted by molar-refractivity contribution is -0.384. The van der Waals surface area contributed by atoms with Crippen molar-refractivity contribution in [3.8, 4) is 0 Å². The van der Waals surface area contributed by atoms with E-state index >= 15 is 0 Å². The maximum Gasteiger partial charge on any atom is 0.422 e. The molecule has 2 aromatic carbocycles. The number of nitrogens with zero attached hydrogens (tertiary/aromatic N) is 3. The topological polar surface area (TPSA) is 101 Å². The Morgan fingerprint density at radius 2 is 1.83 bits per heavy atom. The summed E-state index contributed by atoms with van der Waals surface area (Å²) in [5.74, 6) is -0.426. The van der Waals surface area contributed by atoms with Crippen molar-refractivity contribution in [3.05, 3.63) is 76.0 Å². The molecule has 1 amide bonds. The van der Waals surface area contributed by atoms with Crippen LogP contribution in [0, 0.1) is 16.0 Å². The van der Waals surface area contributed by atoms with E-state index in [4.69, 9.17) is 0 Å². The lowest BCUT2D eigenvalue weighted by Gasteiger charge is -2.38. The van der Waals surface area contributed by atoms with Gasteiger partial charge in [-0.2, -0.15) is 13.2 Å². The zero-order chi connectivity index (χ0) is 26.1. The first-order valence-corrected chi connectivity index (χ1v) is 11.6. The smallest absolute Gasteiger partial charge is 0.375 e. The maximum absolute atomic E-state index is 14.5. The molecule has 3 aromatic rings. The van der Waals surface area contributed by atoms with Crippen LogP contribution in [0.5, 0.6) is 0 Å². The Morgan fingerprint density at radius 3 is 2.42 bits per heavy atom. The van der Waals surface area contributed by atoms with Crippen molar-refractivity contribution in [1.82, 2.24) is 14.8 Å². The number of amides is 1. The van der Waals surface area contributed by atoms with E-state index in [1.165, 1.54) is 34.8 Å². The third-order valence-electron chi connectivity index (χ3n) is 6.84. The molecule has 1 atom stereocenters. The van der Waals surface area contributed by atoms with Crippen LogP contribution in [-0.2, 0) is 16.9 Å². The summed E-state index contributed by atoms with van der Waals surface area (Å²) >= 11 is 0. The Bertz CT molecular complexity index is 1250. The molecule has 8 nitrogen and oxygen atoms in total. The van der Waals surface area contributed by atoms with Gasteiger partial charge in [0, 0.05) is 55.3 Å². The van der Waals surface area contributed by atoms with Crippen LogP contribution in [0.25, 0.3) is 10.9 Å². The number of piperidine rings is 1. The van der Waals surface area contributed by atoms with Crippen molar-refractivity contribution >= 4 is 22.5 Å². The van der Waals surface area contributed by atoms with E-state index in [0.29, 0.717) is 12.8 Å². The Hall–Kier alpha value is -3.44. The third kappa shape index (κ3) is 4.93.